The van der Waals surface area contributed by atoms with Crippen LogP contribution in [0.5, 0.6) is 0 Å². The van der Waals surface area contributed by atoms with Gasteiger partial charge < -0.3 is 4.74 Å². The lowest BCUT2D eigenvalue weighted by Gasteiger charge is -2.20. The number of nitrogens with zero attached hydrogens (tertiary/aromatic N) is 3. The van der Waals surface area contributed by atoms with Gasteiger partial charge in [0.05, 0.1) is 23.8 Å². The van der Waals surface area contributed by atoms with E-state index in [0.29, 0.717) is 11.4 Å². The Kier molecular flexibility index (Phi) is 7.49. The lowest BCUT2D eigenvalue weighted by molar-refractivity contribution is 0.0636. The first-order valence-electron chi connectivity index (χ1n) is 8.74. The zero-order chi connectivity index (χ0) is 19.9. The van der Waals surface area contributed by atoms with Crippen molar-refractivity contribution >= 4 is 17.6 Å². The Morgan fingerprint density at radius 3 is 2.38 bits per heavy atom. The van der Waals surface area contributed by atoms with Crippen molar-refractivity contribution in [1.82, 2.24) is 14.8 Å². The molecule has 7 nitrogen and oxygen atoms in total. The average Bonchev–Trinajstić information content (AvgIpc) is 3.03. The molecule has 1 N–H and O–H groups in total. The van der Waals surface area contributed by atoms with Gasteiger partial charge in [-0.3, -0.25) is 10.1 Å². The maximum absolute atomic E-state index is 12.0. The van der Waals surface area contributed by atoms with Gasteiger partial charge in [-0.05, 0) is 38.8 Å². The van der Waals surface area contributed by atoms with Crippen LogP contribution in [0.15, 0.2) is 24.7 Å². The first-order chi connectivity index (χ1) is 12.2. The number of ether oxygens (including phenoxy) is 1. The van der Waals surface area contributed by atoms with Crippen molar-refractivity contribution in [3.63, 3.8) is 0 Å². The molecule has 2 heterocycles. The summed E-state index contributed by atoms with van der Waals surface area (Å²) in [4.78, 5) is 27.9. The number of nitrogens with one attached hydrogen (secondary N) is 1. The zero-order valence-corrected chi connectivity index (χ0v) is 16.6. The molecule has 0 saturated heterocycles. The number of carbonyl (C=O) groups is 2. The summed E-state index contributed by atoms with van der Waals surface area (Å²) in [6, 6.07) is 1.65. The molecule has 0 aliphatic carbocycles. The van der Waals surface area contributed by atoms with Crippen LogP contribution >= 0.6 is 0 Å². The Balaban J connectivity index is 0.00000163. The first-order valence-corrected chi connectivity index (χ1v) is 8.74. The van der Waals surface area contributed by atoms with E-state index in [1.54, 1.807) is 43.9 Å². The molecule has 1 amide bonds. The fourth-order valence-corrected chi connectivity index (χ4v) is 2.05. The molecule has 0 atom stereocenters. The molecule has 0 aromatic carbocycles. The number of aryl methyl sites for hydroxylation is 1. The molecule has 0 fully saturated rings. The second kappa shape index (κ2) is 9.12. The Labute approximate surface area is 154 Å². The molecule has 142 valence electrons. The minimum absolute atomic E-state index is 0.174. The van der Waals surface area contributed by atoms with Crippen molar-refractivity contribution in [2.24, 2.45) is 0 Å². The van der Waals surface area contributed by atoms with Gasteiger partial charge in [-0.25, -0.2) is 14.5 Å². The molecule has 0 aliphatic heterocycles. The lowest BCUT2D eigenvalue weighted by atomic mass is 10.2. The van der Waals surface area contributed by atoms with E-state index in [2.05, 4.69) is 15.4 Å². The van der Waals surface area contributed by atoms with E-state index in [9.17, 15) is 9.59 Å². The molecule has 7 heteroatoms. The Hall–Kier alpha value is -2.70. The highest BCUT2D eigenvalue weighted by Crippen LogP contribution is 2.20. The number of amides is 1. The van der Waals surface area contributed by atoms with E-state index in [-0.39, 0.29) is 11.5 Å². The molecule has 0 radical (unpaired) electrons. The van der Waals surface area contributed by atoms with E-state index in [1.807, 2.05) is 27.0 Å². The van der Waals surface area contributed by atoms with Gasteiger partial charge in [0.1, 0.15) is 11.3 Å². The predicted octanol–water partition coefficient (Wildman–Crippen LogP) is 4.41. The van der Waals surface area contributed by atoms with Crippen molar-refractivity contribution in [1.29, 1.82) is 0 Å². The highest BCUT2D eigenvalue weighted by Gasteiger charge is 2.19. The van der Waals surface area contributed by atoms with Gasteiger partial charge in [-0.1, -0.05) is 20.8 Å². The summed E-state index contributed by atoms with van der Waals surface area (Å²) in [5.74, 6) is -0.248. The fraction of sp³-hybridized carbons (Fsp3) is 0.474. The monoisotopic (exact) mass is 360 g/mol. The predicted molar refractivity (Wildman–Crippen MR) is 102 cm³/mol. The summed E-state index contributed by atoms with van der Waals surface area (Å²) < 4.78 is 6.88. The number of hydrogen-bond donors (Lipinski definition) is 1. The van der Waals surface area contributed by atoms with Crippen LogP contribution < -0.4 is 5.32 Å². The second-order valence-corrected chi connectivity index (χ2v) is 6.42. The van der Waals surface area contributed by atoms with E-state index >= 15 is 0 Å². The maximum atomic E-state index is 12.0. The summed E-state index contributed by atoms with van der Waals surface area (Å²) in [5, 5.41) is 6.85. The number of aromatic nitrogens is 3. The van der Waals surface area contributed by atoms with Crippen LogP contribution in [-0.4, -0.2) is 32.2 Å². The third-order valence-electron chi connectivity index (χ3n) is 3.15. The van der Waals surface area contributed by atoms with Gasteiger partial charge in [-0.15, -0.1) is 0 Å². The van der Waals surface area contributed by atoms with Crippen molar-refractivity contribution in [3.8, 4) is 5.69 Å². The quantitative estimate of drug-likeness (QED) is 0.816. The maximum Gasteiger partial charge on any atom is 0.412 e. The van der Waals surface area contributed by atoms with Crippen LogP contribution in [0.2, 0.25) is 0 Å². The van der Waals surface area contributed by atoms with Crippen LogP contribution in [-0.2, 0) is 11.2 Å². The lowest BCUT2D eigenvalue weighted by Crippen LogP contribution is -2.28. The molecule has 0 saturated carbocycles. The SMILES string of the molecule is CC.CCc1cnn(-c2cnc(C(C)=O)c(NC(=O)OC(C)(C)C)c2)c1. The molecule has 0 bridgehead atoms. The molecule has 2 rings (SSSR count). The third-order valence-corrected chi connectivity index (χ3v) is 3.15. The highest BCUT2D eigenvalue weighted by molar-refractivity contribution is 6.01. The van der Waals surface area contributed by atoms with Gasteiger partial charge >= 0.3 is 6.09 Å². The number of rotatable bonds is 4. The largest absolute Gasteiger partial charge is 0.444 e. The highest BCUT2D eigenvalue weighted by atomic mass is 16.6. The van der Waals surface area contributed by atoms with Gasteiger partial charge in [0.2, 0.25) is 0 Å². The standard InChI is InChI=1S/C17H22N4O3.C2H6/c1-6-12-8-19-21(10-12)13-7-14(15(11(2)22)18-9-13)20-16(23)24-17(3,4)5;1-2/h7-10H,6H2,1-5H3,(H,20,23);1-2H3. The van der Waals surface area contributed by atoms with E-state index in [0.717, 1.165) is 12.0 Å². The van der Waals surface area contributed by atoms with Crippen LogP contribution in [0.3, 0.4) is 0 Å². The Morgan fingerprint density at radius 1 is 1.23 bits per heavy atom. The van der Waals surface area contributed by atoms with Crippen molar-refractivity contribution < 1.29 is 14.3 Å². The number of hydrogen-bond acceptors (Lipinski definition) is 5. The van der Waals surface area contributed by atoms with E-state index < -0.39 is 11.7 Å². The van der Waals surface area contributed by atoms with Crippen LogP contribution in [0.1, 0.15) is 64.5 Å². The van der Waals surface area contributed by atoms with Crippen molar-refractivity contribution in [3.05, 3.63) is 35.9 Å². The van der Waals surface area contributed by atoms with Crippen molar-refractivity contribution in [2.75, 3.05) is 5.32 Å². The van der Waals surface area contributed by atoms with Crippen LogP contribution in [0.4, 0.5) is 10.5 Å². The van der Waals surface area contributed by atoms with Gasteiger partial charge in [0.15, 0.2) is 5.78 Å². The number of ketones is 1. The smallest absolute Gasteiger partial charge is 0.412 e. The van der Waals surface area contributed by atoms with Gasteiger partial charge in [0.25, 0.3) is 0 Å². The van der Waals surface area contributed by atoms with Crippen molar-refractivity contribution in [2.45, 2.75) is 60.5 Å². The van der Waals surface area contributed by atoms with Crippen LogP contribution in [0, 0.1) is 0 Å². The Morgan fingerprint density at radius 2 is 1.88 bits per heavy atom. The molecule has 0 aliphatic rings. The summed E-state index contributed by atoms with van der Waals surface area (Å²) >= 11 is 0. The summed E-state index contributed by atoms with van der Waals surface area (Å²) in [7, 11) is 0. The summed E-state index contributed by atoms with van der Waals surface area (Å²) in [6.07, 6.45) is 5.41. The average molecular weight is 360 g/mol. The number of anilines is 1. The topological polar surface area (TPSA) is 86.1 Å². The first kappa shape index (κ1) is 21.3. The normalized spacial score (nSPS) is 10.6. The minimum atomic E-state index is -0.640. The number of pyridine rings is 1. The minimum Gasteiger partial charge on any atom is -0.444 e. The van der Waals surface area contributed by atoms with Gasteiger partial charge in [-0.2, -0.15) is 5.10 Å². The number of Topliss-reactive ketones (excluding diaryl/α,β-unsaturated/α-hetero) is 1. The molecule has 2 aromatic rings. The zero-order valence-electron chi connectivity index (χ0n) is 16.6. The second-order valence-electron chi connectivity index (χ2n) is 6.42. The van der Waals surface area contributed by atoms with Crippen LogP contribution in [0.25, 0.3) is 5.69 Å². The summed E-state index contributed by atoms with van der Waals surface area (Å²) in [6.45, 7) is 12.7. The fourth-order valence-electron chi connectivity index (χ4n) is 2.05. The van der Waals surface area contributed by atoms with E-state index in [1.165, 1.54) is 6.92 Å². The third kappa shape index (κ3) is 5.98. The Bertz CT molecular complexity index is 760. The summed E-state index contributed by atoms with van der Waals surface area (Å²) in [5.41, 5.74) is 1.55. The van der Waals surface area contributed by atoms with Gasteiger partial charge in [0, 0.05) is 13.1 Å². The molecule has 26 heavy (non-hydrogen) atoms. The molecule has 2 aromatic heterocycles. The molecular weight excluding hydrogens is 332 g/mol. The molecule has 0 spiro atoms. The van der Waals surface area contributed by atoms with E-state index in [4.69, 9.17) is 4.74 Å². The molecular formula is C19H28N4O3. The number of carbonyl (C=O) groups excluding carboxylic acids is 2. The molecule has 0 unspecified atom stereocenters.